The average molecular weight is 657 g/mol. The Morgan fingerprint density at radius 3 is 2.31 bits per heavy atom. The zero-order valence-corrected chi connectivity index (χ0v) is 24.7. The van der Waals surface area contributed by atoms with E-state index in [4.69, 9.17) is 34.8 Å². The highest BCUT2D eigenvalue weighted by molar-refractivity contribution is 7.90. The number of benzene rings is 3. The molecule has 0 aliphatic heterocycles. The molecule has 0 amide bonds. The van der Waals surface area contributed by atoms with Gasteiger partial charge in [0, 0.05) is 33.6 Å². The van der Waals surface area contributed by atoms with E-state index in [2.05, 4.69) is 15.3 Å². The van der Waals surface area contributed by atoms with Crippen molar-refractivity contribution in [2.75, 3.05) is 6.26 Å². The summed E-state index contributed by atoms with van der Waals surface area (Å²) in [4.78, 5) is 3.52. The molecule has 218 valence electrons. The maximum Gasteiger partial charge on any atom is 0.434 e. The van der Waals surface area contributed by atoms with Crippen molar-refractivity contribution in [3.8, 4) is 33.8 Å². The van der Waals surface area contributed by atoms with E-state index in [0.29, 0.717) is 27.4 Å². The molecule has 0 saturated heterocycles. The van der Waals surface area contributed by atoms with Gasteiger partial charge in [-0.25, -0.2) is 18.1 Å². The predicted octanol–water partition coefficient (Wildman–Crippen LogP) is 6.97. The first kappa shape index (κ1) is 30.1. The third kappa shape index (κ3) is 5.64. The van der Waals surface area contributed by atoms with E-state index < -0.39 is 28.3 Å². The standard InChI is InChI=1S/C27H19Cl3F3N5O3S/c1-14-35-26(27(31,32)33)12-37(14)22-6-3-15(16-7-20(29)19(13-39)25(9-16)42(2,40)41)8-23(22)38-24(11-34-36-38)18-5-4-17(28)10-21(18)30/h3-12,39H,13H2,1-2H3. The fraction of sp³-hybridized carbons (Fsp3) is 0.148. The van der Waals surface area contributed by atoms with Crippen LogP contribution in [0.1, 0.15) is 17.1 Å². The summed E-state index contributed by atoms with van der Waals surface area (Å²) >= 11 is 18.9. The van der Waals surface area contributed by atoms with Crippen LogP contribution in [0.5, 0.6) is 0 Å². The minimum Gasteiger partial charge on any atom is -0.392 e. The highest BCUT2D eigenvalue weighted by Crippen LogP contribution is 2.37. The average Bonchev–Trinajstić information content (AvgIpc) is 3.54. The van der Waals surface area contributed by atoms with Crippen molar-refractivity contribution in [3.05, 3.63) is 93.1 Å². The Labute approximate surface area is 252 Å². The number of hydrogen-bond donors (Lipinski definition) is 1. The molecule has 0 spiro atoms. The lowest BCUT2D eigenvalue weighted by molar-refractivity contribution is -0.141. The number of aryl methyl sites for hydroxylation is 1. The normalized spacial score (nSPS) is 12.2. The molecule has 0 unspecified atom stereocenters. The summed E-state index contributed by atoms with van der Waals surface area (Å²) in [6.45, 7) is 0.828. The van der Waals surface area contributed by atoms with Crippen LogP contribution in [0.3, 0.4) is 0 Å². The molecule has 0 aliphatic rings. The molecule has 8 nitrogen and oxygen atoms in total. The summed E-state index contributed by atoms with van der Waals surface area (Å²) in [5.41, 5.74) is 1.20. The summed E-state index contributed by atoms with van der Waals surface area (Å²) in [6, 6.07) is 12.4. The quantitative estimate of drug-likeness (QED) is 0.212. The molecule has 0 bridgehead atoms. The van der Waals surface area contributed by atoms with Crippen molar-refractivity contribution < 1.29 is 26.7 Å². The van der Waals surface area contributed by atoms with Gasteiger partial charge < -0.3 is 9.67 Å². The first-order valence-corrected chi connectivity index (χ1v) is 15.0. The van der Waals surface area contributed by atoms with Crippen LogP contribution in [0.4, 0.5) is 13.2 Å². The minimum atomic E-state index is -4.68. The second kappa shape index (κ2) is 11.0. The summed E-state index contributed by atoms with van der Waals surface area (Å²) < 4.78 is 68.3. The van der Waals surface area contributed by atoms with Crippen LogP contribution in [-0.4, -0.2) is 44.3 Å². The summed E-state index contributed by atoms with van der Waals surface area (Å²) in [7, 11) is -3.79. The Morgan fingerprint density at radius 1 is 0.952 bits per heavy atom. The molecular weight excluding hydrogens is 638 g/mol. The van der Waals surface area contributed by atoms with Gasteiger partial charge in [0.1, 0.15) is 5.82 Å². The van der Waals surface area contributed by atoms with Crippen molar-refractivity contribution in [1.29, 1.82) is 0 Å². The smallest absolute Gasteiger partial charge is 0.392 e. The van der Waals surface area contributed by atoms with E-state index in [1.165, 1.54) is 40.6 Å². The zero-order chi connectivity index (χ0) is 30.6. The zero-order valence-electron chi connectivity index (χ0n) is 21.7. The van der Waals surface area contributed by atoms with Crippen LogP contribution in [0.2, 0.25) is 15.1 Å². The molecule has 0 aliphatic carbocycles. The Morgan fingerprint density at radius 2 is 1.69 bits per heavy atom. The Kier molecular flexibility index (Phi) is 7.88. The monoisotopic (exact) mass is 655 g/mol. The Hall–Kier alpha value is -3.42. The fourth-order valence-corrected chi connectivity index (χ4v) is 6.29. The van der Waals surface area contributed by atoms with Crippen molar-refractivity contribution >= 4 is 44.6 Å². The van der Waals surface area contributed by atoms with Gasteiger partial charge in [-0.2, -0.15) is 13.2 Å². The molecule has 3 aromatic carbocycles. The number of aliphatic hydroxyl groups excluding tert-OH is 1. The van der Waals surface area contributed by atoms with E-state index >= 15 is 0 Å². The van der Waals surface area contributed by atoms with Crippen molar-refractivity contribution in [2.24, 2.45) is 0 Å². The van der Waals surface area contributed by atoms with Crippen LogP contribution in [0.25, 0.3) is 33.8 Å². The van der Waals surface area contributed by atoms with Gasteiger partial charge in [-0.1, -0.05) is 46.1 Å². The van der Waals surface area contributed by atoms with Crippen LogP contribution >= 0.6 is 34.8 Å². The maximum atomic E-state index is 13.5. The molecule has 2 aromatic heterocycles. The summed E-state index contributed by atoms with van der Waals surface area (Å²) in [5, 5.41) is 18.7. The highest BCUT2D eigenvalue weighted by Gasteiger charge is 2.35. The lowest BCUT2D eigenvalue weighted by Crippen LogP contribution is -2.08. The van der Waals surface area contributed by atoms with E-state index in [1.807, 2.05) is 0 Å². The van der Waals surface area contributed by atoms with E-state index in [0.717, 1.165) is 12.5 Å². The van der Waals surface area contributed by atoms with Gasteiger partial charge in [0.2, 0.25) is 0 Å². The van der Waals surface area contributed by atoms with Gasteiger partial charge in [0.25, 0.3) is 0 Å². The molecule has 0 atom stereocenters. The second-order valence-electron chi connectivity index (χ2n) is 9.26. The maximum absolute atomic E-state index is 13.5. The van der Waals surface area contributed by atoms with Crippen LogP contribution in [0, 0.1) is 6.92 Å². The number of sulfone groups is 1. The fourth-order valence-electron chi connectivity index (χ4n) is 4.49. The molecule has 42 heavy (non-hydrogen) atoms. The largest absolute Gasteiger partial charge is 0.434 e. The van der Waals surface area contributed by atoms with Gasteiger partial charge in [-0.05, 0) is 60.5 Å². The van der Waals surface area contributed by atoms with Crippen molar-refractivity contribution in [2.45, 2.75) is 24.6 Å². The van der Waals surface area contributed by atoms with E-state index in [-0.39, 0.29) is 37.7 Å². The van der Waals surface area contributed by atoms with Gasteiger partial charge in [0.05, 0.1) is 39.8 Å². The Balaban J connectivity index is 1.79. The highest BCUT2D eigenvalue weighted by atomic mass is 35.5. The van der Waals surface area contributed by atoms with Crippen LogP contribution in [-0.2, 0) is 22.6 Å². The van der Waals surface area contributed by atoms with E-state index in [9.17, 15) is 26.7 Å². The van der Waals surface area contributed by atoms with Crippen LogP contribution in [0.15, 0.2) is 65.8 Å². The molecule has 5 aromatic rings. The van der Waals surface area contributed by atoms with Crippen LogP contribution < -0.4 is 0 Å². The molecule has 0 saturated carbocycles. The molecule has 0 fully saturated rings. The molecular formula is C27H19Cl3F3N5O3S. The summed E-state index contributed by atoms with van der Waals surface area (Å²) in [5.74, 6) is 0.0530. The first-order chi connectivity index (χ1) is 19.7. The Bertz CT molecular complexity index is 1960. The number of hydrogen-bond acceptors (Lipinski definition) is 6. The van der Waals surface area contributed by atoms with Crippen molar-refractivity contribution in [3.63, 3.8) is 0 Å². The lowest BCUT2D eigenvalue weighted by Gasteiger charge is -2.17. The van der Waals surface area contributed by atoms with Gasteiger partial charge in [0.15, 0.2) is 15.5 Å². The van der Waals surface area contributed by atoms with Crippen molar-refractivity contribution in [1.82, 2.24) is 24.5 Å². The number of imidazole rings is 1. The molecule has 1 N–H and O–H groups in total. The second-order valence-corrected chi connectivity index (χ2v) is 12.5. The number of halogens is 6. The molecule has 5 rings (SSSR count). The molecule has 2 heterocycles. The number of aliphatic hydroxyl groups is 1. The predicted molar refractivity (Wildman–Crippen MR) is 153 cm³/mol. The third-order valence-corrected chi connectivity index (χ3v) is 8.49. The number of rotatable bonds is 6. The lowest BCUT2D eigenvalue weighted by atomic mass is 10.0. The summed E-state index contributed by atoms with van der Waals surface area (Å²) in [6.07, 6.45) is -1.39. The SMILES string of the molecule is Cc1nc(C(F)(F)F)cn1-c1ccc(-c2cc(Cl)c(CO)c(S(C)(=O)=O)c2)cc1-n1nncc1-c1ccc(Cl)cc1Cl. The minimum absolute atomic E-state index is 0.0238. The number of aromatic nitrogens is 5. The topological polar surface area (TPSA) is 103 Å². The number of nitrogens with zero attached hydrogens (tertiary/aromatic N) is 5. The number of alkyl halides is 3. The first-order valence-electron chi connectivity index (χ1n) is 12.0. The van der Waals surface area contributed by atoms with Gasteiger partial charge in [-0.15, -0.1) is 5.10 Å². The molecule has 0 radical (unpaired) electrons. The third-order valence-electron chi connectivity index (χ3n) is 6.44. The van der Waals surface area contributed by atoms with Gasteiger partial charge >= 0.3 is 6.18 Å². The van der Waals surface area contributed by atoms with Gasteiger partial charge in [-0.3, -0.25) is 0 Å². The van der Waals surface area contributed by atoms with E-state index in [1.54, 1.807) is 30.3 Å². The molecule has 15 heteroatoms.